The number of ether oxygens (including phenoxy) is 1. The Kier molecular flexibility index (Phi) is 2.92. The third kappa shape index (κ3) is 1.95. The fraction of sp³-hybridized carbons (Fsp3) is 0.118. The molecule has 0 amide bonds. The van der Waals surface area contributed by atoms with Crippen molar-refractivity contribution in [3.05, 3.63) is 60.8 Å². The Bertz CT molecular complexity index is 734. The van der Waals surface area contributed by atoms with Crippen molar-refractivity contribution < 1.29 is 9.30 Å². The highest BCUT2D eigenvalue weighted by Crippen LogP contribution is 2.31. The van der Waals surface area contributed by atoms with Crippen LogP contribution in [0.2, 0.25) is 0 Å². The zero-order valence-electron chi connectivity index (χ0n) is 11.1. The van der Waals surface area contributed by atoms with Crippen LogP contribution in [0.1, 0.15) is 0 Å². The highest BCUT2D eigenvalue weighted by atomic mass is 16.5. The summed E-state index contributed by atoms with van der Waals surface area (Å²) in [6.45, 7) is 0. The van der Waals surface area contributed by atoms with E-state index in [-0.39, 0.29) is 0 Å². The van der Waals surface area contributed by atoms with Crippen LogP contribution in [-0.2, 0) is 7.05 Å². The van der Waals surface area contributed by atoms with Gasteiger partial charge in [-0.2, -0.15) is 0 Å². The van der Waals surface area contributed by atoms with E-state index in [1.165, 1.54) is 16.5 Å². The molecule has 1 heterocycles. The van der Waals surface area contributed by atoms with Gasteiger partial charge in [-0.05, 0) is 23.6 Å². The summed E-state index contributed by atoms with van der Waals surface area (Å²) < 4.78 is 7.63. The van der Waals surface area contributed by atoms with Crippen LogP contribution < -0.4 is 9.30 Å². The first-order valence-corrected chi connectivity index (χ1v) is 6.32. The van der Waals surface area contributed by atoms with Crippen molar-refractivity contribution in [1.82, 2.24) is 0 Å². The summed E-state index contributed by atoms with van der Waals surface area (Å²) in [6, 6.07) is 18.7. The van der Waals surface area contributed by atoms with E-state index in [0.29, 0.717) is 0 Å². The van der Waals surface area contributed by atoms with Gasteiger partial charge in [-0.25, -0.2) is 4.57 Å². The van der Waals surface area contributed by atoms with E-state index in [2.05, 4.69) is 54.2 Å². The average molecular weight is 250 g/mol. The summed E-state index contributed by atoms with van der Waals surface area (Å²) in [5.41, 5.74) is 2.29. The number of aromatic nitrogens is 1. The second-order valence-corrected chi connectivity index (χ2v) is 4.56. The van der Waals surface area contributed by atoms with Gasteiger partial charge in [0, 0.05) is 6.07 Å². The Morgan fingerprint density at radius 2 is 1.63 bits per heavy atom. The Labute approximate surface area is 112 Å². The molecule has 0 spiro atoms. The average Bonchev–Trinajstić information content (AvgIpc) is 2.47. The predicted octanol–water partition coefficient (Wildman–Crippen LogP) is 3.34. The molecule has 0 fully saturated rings. The van der Waals surface area contributed by atoms with Gasteiger partial charge in [-0.3, -0.25) is 0 Å². The van der Waals surface area contributed by atoms with Gasteiger partial charge < -0.3 is 4.74 Å². The lowest BCUT2D eigenvalue weighted by Gasteiger charge is -2.08. The van der Waals surface area contributed by atoms with E-state index in [9.17, 15) is 0 Å². The first-order chi connectivity index (χ1) is 9.31. The van der Waals surface area contributed by atoms with Gasteiger partial charge in [0.1, 0.15) is 12.8 Å². The van der Waals surface area contributed by atoms with Crippen LogP contribution in [0.5, 0.6) is 5.75 Å². The number of rotatable bonds is 2. The summed E-state index contributed by atoms with van der Waals surface area (Å²) in [4.78, 5) is 0. The van der Waals surface area contributed by atoms with Crippen molar-refractivity contribution in [2.24, 2.45) is 7.05 Å². The largest absolute Gasteiger partial charge is 0.496 e. The zero-order valence-corrected chi connectivity index (χ0v) is 11.1. The van der Waals surface area contributed by atoms with Crippen LogP contribution in [0, 0.1) is 0 Å². The Morgan fingerprint density at radius 3 is 2.47 bits per heavy atom. The van der Waals surface area contributed by atoms with E-state index < -0.39 is 0 Å². The number of hydrogen-bond acceptors (Lipinski definition) is 1. The third-order valence-corrected chi connectivity index (χ3v) is 3.41. The molecule has 3 rings (SSSR count). The molecule has 3 aromatic rings. The number of fused-ring (bicyclic) bond motifs is 1. The summed E-state index contributed by atoms with van der Waals surface area (Å²) >= 11 is 0. The van der Waals surface area contributed by atoms with Crippen molar-refractivity contribution in [3.8, 4) is 17.0 Å². The van der Waals surface area contributed by atoms with Gasteiger partial charge in [0.2, 0.25) is 5.69 Å². The summed E-state index contributed by atoms with van der Waals surface area (Å²) in [7, 11) is 3.78. The first kappa shape index (κ1) is 11.7. The van der Waals surface area contributed by atoms with Crippen molar-refractivity contribution in [3.63, 3.8) is 0 Å². The van der Waals surface area contributed by atoms with Crippen molar-refractivity contribution in [2.45, 2.75) is 0 Å². The Balaban J connectivity index is 2.38. The molecule has 1 aromatic heterocycles. The molecule has 0 aliphatic carbocycles. The second-order valence-electron chi connectivity index (χ2n) is 4.56. The number of pyridine rings is 1. The molecule has 19 heavy (non-hydrogen) atoms. The molecular formula is C17H16NO+. The molecule has 0 unspecified atom stereocenters. The molecule has 0 saturated heterocycles. The maximum Gasteiger partial charge on any atom is 0.223 e. The molecule has 0 aliphatic heterocycles. The molecule has 2 heteroatoms. The van der Waals surface area contributed by atoms with Crippen molar-refractivity contribution in [1.29, 1.82) is 0 Å². The van der Waals surface area contributed by atoms with Crippen LogP contribution in [0.25, 0.3) is 22.0 Å². The molecule has 2 aromatic carbocycles. The highest BCUT2D eigenvalue weighted by Gasteiger charge is 2.17. The number of benzene rings is 2. The number of aryl methyl sites for hydroxylation is 1. The number of nitrogens with zero attached hydrogens (tertiary/aromatic N) is 1. The van der Waals surface area contributed by atoms with E-state index in [1.54, 1.807) is 7.11 Å². The minimum atomic E-state index is 0.898. The number of methoxy groups -OCH3 is 1. The maximum absolute atomic E-state index is 5.49. The minimum Gasteiger partial charge on any atom is -0.496 e. The second kappa shape index (κ2) is 4.73. The van der Waals surface area contributed by atoms with Crippen LogP contribution in [0.15, 0.2) is 60.8 Å². The molecule has 0 radical (unpaired) electrons. The van der Waals surface area contributed by atoms with E-state index in [1.807, 2.05) is 18.2 Å². The van der Waals surface area contributed by atoms with E-state index in [4.69, 9.17) is 4.74 Å². The van der Waals surface area contributed by atoms with Crippen LogP contribution in [-0.4, -0.2) is 7.11 Å². The Hall–Kier alpha value is -2.35. The van der Waals surface area contributed by atoms with E-state index in [0.717, 1.165) is 11.3 Å². The zero-order chi connectivity index (χ0) is 13.2. The van der Waals surface area contributed by atoms with Gasteiger partial charge >= 0.3 is 0 Å². The fourth-order valence-corrected chi connectivity index (χ4v) is 2.49. The van der Waals surface area contributed by atoms with Gasteiger partial charge in [-0.1, -0.05) is 30.3 Å². The van der Waals surface area contributed by atoms with E-state index >= 15 is 0 Å². The van der Waals surface area contributed by atoms with Crippen molar-refractivity contribution >= 4 is 10.8 Å². The smallest absolute Gasteiger partial charge is 0.223 e. The predicted molar refractivity (Wildman–Crippen MR) is 77.1 cm³/mol. The highest BCUT2D eigenvalue weighted by molar-refractivity contribution is 5.94. The lowest BCUT2D eigenvalue weighted by Crippen LogP contribution is -2.30. The standard InChI is InChI=1S/C17H16NO/c1-18-12-11-13-7-3-4-8-14(13)17(18)15-9-5-6-10-16(15)19-2/h3-12H,1-2H3/q+1. The van der Waals surface area contributed by atoms with Gasteiger partial charge in [0.15, 0.2) is 6.20 Å². The maximum atomic E-state index is 5.49. The monoisotopic (exact) mass is 250 g/mol. The third-order valence-electron chi connectivity index (χ3n) is 3.41. The van der Waals surface area contributed by atoms with Crippen LogP contribution in [0.4, 0.5) is 0 Å². The minimum absolute atomic E-state index is 0.898. The first-order valence-electron chi connectivity index (χ1n) is 6.32. The molecular weight excluding hydrogens is 234 g/mol. The number of para-hydroxylation sites is 1. The Morgan fingerprint density at radius 1 is 0.895 bits per heavy atom. The molecule has 94 valence electrons. The topological polar surface area (TPSA) is 13.1 Å². The van der Waals surface area contributed by atoms with Gasteiger partial charge in [-0.15, -0.1) is 0 Å². The SMILES string of the molecule is COc1ccccc1-c1c2ccccc2cc[n+]1C. The summed E-state index contributed by atoms with van der Waals surface area (Å²) in [6.07, 6.45) is 2.09. The van der Waals surface area contributed by atoms with Gasteiger partial charge in [0.25, 0.3) is 0 Å². The normalized spacial score (nSPS) is 10.6. The molecule has 0 atom stereocenters. The lowest BCUT2D eigenvalue weighted by atomic mass is 10.0. The molecule has 0 N–H and O–H groups in total. The quantitative estimate of drug-likeness (QED) is 0.636. The molecule has 2 nitrogen and oxygen atoms in total. The molecule has 0 aliphatic rings. The van der Waals surface area contributed by atoms with Crippen LogP contribution >= 0.6 is 0 Å². The lowest BCUT2D eigenvalue weighted by molar-refractivity contribution is -0.659. The van der Waals surface area contributed by atoms with Crippen LogP contribution in [0.3, 0.4) is 0 Å². The summed E-state index contributed by atoms with van der Waals surface area (Å²) in [5, 5.41) is 2.47. The number of hydrogen-bond donors (Lipinski definition) is 0. The molecule has 0 bridgehead atoms. The van der Waals surface area contributed by atoms with Gasteiger partial charge in [0.05, 0.1) is 18.1 Å². The van der Waals surface area contributed by atoms with Crippen molar-refractivity contribution in [2.75, 3.05) is 7.11 Å². The molecule has 0 saturated carbocycles. The summed E-state index contributed by atoms with van der Waals surface area (Å²) in [5.74, 6) is 0.898. The fourth-order valence-electron chi connectivity index (χ4n) is 2.49.